The molecule has 7 heteroatoms. The van der Waals surface area contributed by atoms with Crippen LogP contribution in [0, 0.1) is 0 Å². The lowest BCUT2D eigenvalue weighted by molar-refractivity contribution is -0.138. The van der Waals surface area contributed by atoms with Gasteiger partial charge in [0, 0.05) is 13.0 Å². The van der Waals surface area contributed by atoms with Gasteiger partial charge in [-0.05, 0) is 35.7 Å². The Morgan fingerprint density at radius 2 is 1.59 bits per heavy atom. The number of cyclic esters (lactones) is 1. The third kappa shape index (κ3) is 6.78. The molecule has 184 valence electrons. The molecule has 0 aliphatic carbocycles. The molecule has 1 heterocycles. The maximum Gasteiger partial charge on any atom is 0.417 e. The van der Waals surface area contributed by atoms with Gasteiger partial charge in [-0.3, -0.25) is 4.79 Å². The minimum Gasteiger partial charge on any atom is -0.447 e. The Morgan fingerprint density at radius 3 is 2.18 bits per heavy atom. The zero-order valence-corrected chi connectivity index (χ0v) is 21.6. The van der Waals surface area contributed by atoms with E-state index >= 15 is 0 Å². The van der Waals surface area contributed by atoms with E-state index in [1.807, 2.05) is 60.7 Å². The average molecular weight is 484 g/mol. The molecule has 0 saturated carbocycles. The fraction of sp³-hybridized carbons (Fsp3) is 0.481. The Kier molecular flexibility index (Phi) is 9.86. The summed E-state index contributed by atoms with van der Waals surface area (Å²) in [5.41, 5.74) is 2.14. The summed E-state index contributed by atoms with van der Waals surface area (Å²) in [6.45, 7) is 7.45. The van der Waals surface area contributed by atoms with Gasteiger partial charge in [-0.1, -0.05) is 81.4 Å². The van der Waals surface area contributed by atoms with Gasteiger partial charge >= 0.3 is 6.09 Å². The van der Waals surface area contributed by atoms with Crippen LogP contribution in [0.3, 0.4) is 0 Å². The Morgan fingerprint density at radius 1 is 1.00 bits per heavy atom. The summed E-state index contributed by atoms with van der Waals surface area (Å²) in [6, 6.07) is 22.2. The molecule has 0 radical (unpaired) electrons. The largest absolute Gasteiger partial charge is 0.447 e. The van der Waals surface area contributed by atoms with Crippen LogP contribution in [0.4, 0.5) is 4.79 Å². The molecule has 0 bridgehead atoms. The normalized spacial score (nSPS) is 17.0. The lowest BCUT2D eigenvalue weighted by atomic mass is 10.1. The number of amides is 2. The Hall–Kier alpha value is -2.48. The van der Waals surface area contributed by atoms with Crippen LogP contribution in [0.15, 0.2) is 60.7 Å². The van der Waals surface area contributed by atoms with Crippen LogP contribution in [0.25, 0.3) is 0 Å². The van der Waals surface area contributed by atoms with Crippen molar-refractivity contribution in [2.45, 2.75) is 70.5 Å². The zero-order valence-electron chi connectivity index (χ0n) is 20.6. The third-order valence-corrected chi connectivity index (χ3v) is 11.4. The molecule has 1 aliphatic rings. The van der Waals surface area contributed by atoms with Gasteiger partial charge in [0.15, 0.2) is 8.32 Å². The Balaban J connectivity index is 1.72. The van der Waals surface area contributed by atoms with E-state index in [0.717, 1.165) is 29.3 Å². The summed E-state index contributed by atoms with van der Waals surface area (Å²) in [7, 11) is -2.09. The van der Waals surface area contributed by atoms with E-state index in [1.54, 1.807) is 0 Å². The van der Waals surface area contributed by atoms with E-state index in [9.17, 15) is 9.59 Å². The molecule has 0 unspecified atom stereocenters. The minimum absolute atomic E-state index is 0.203. The summed E-state index contributed by atoms with van der Waals surface area (Å²) in [4.78, 5) is 27.6. The van der Waals surface area contributed by atoms with Crippen LogP contribution in [0.5, 0.6) is 0 Å². The zero-order chi connectivity index (χ0) is 24.4. The van der Waals surface area contributed by atoms with Crippen molar-refractivity contribution in [3.05, 3.63) is 71.8 Å². The van der Waals surface area contributed by atoms with Gasteiger partial charge in [-0.25, -0.2) is 9.69 Å². The first-order valence-electron chi connectivity index (χ1n) is 12.3. The van der Waals surface area contributed by atoms with Crippen LogP contribution in [-0.2, 0) is 31.7 Å². The number of benzene rings is 2. The van der Waals surface area contributed by atoms with Crippen molar-refractivity contribution >= 4 is 20.3 Å². The molecule has 3 rings (SSSR count). The molecule has 2 atom stereocenters. The predicted octanol–water partition coefficient (Wildman–Crippen LogP) is 5.57. The number of ether oxygens (including phenoxy) is 2. The quantitative estimate of drug-likeness (QED) is 0.275. The number of nitrogens with zero attached hydrogens (tertiary/aromatic N) is 1. The van der Waals surface area contributed by atoms with Gasteiger partial charge in [-0.2, -0.15) is 0 Å². The van der Waals surface area contributed by atoms with Gasteiger partial charge < -0.3 is 13.9 Å². The number of hydrogen-bond acceptors (Lipinski definition) is 5. The highest BCUT2D eigenvalue weighted by molar-refractivity contribution is 6.73. The second-order valence-electron chi connectivity index (χ2n) is 8.81. The minimum atomic E-state index is -2.09. The fourth-order valence-electron chi connectivity index (χ4n) is 4.41. The van der Waals surface area contributed by atoms with Crippen LogP contribution >= 0.6 is 0 Å². The molecule has 1 saturated heterocycles. The monoisotopic (exact) mass is 483 g/mol. The maximum atomic E-state index is 13.7. The maximum absolute atomic E-state index is 13.7. The van der Waals surface area contributed by atoms with Crippen molar-refractivity contribution in [3.63, 3.8) is 0 Å². The number of rotatable bonds is 13. The Bertz CT molecular complexity index is 895. The van der Waals surface area contributed by atoms with Gasteiger partial charge in [0.1, 0.15) is 12.7 Å². The van der Waals surface area contributed by atoms with Crippen molar-refractivity contribution in [2.24, 2.45) is 0 Å². The third-order valence-electron chi connectivity index (χ3n) is 6.75. The molecule has 2 aromatic rings. The molecule has 34 heavy (non-hydrogen) atoms. The van der Waals surface area contributed by atoms with E-state index < -0.39 is 20.5 Å². The molecule has 1 fully saturated rings. The highest BCUT2D eigenvalue weighted by Gasteiger charge is 2.43. The second kappa shape index (κ2) is 12.8. The standard InChI is InChI=1S/C27H37NO5Si/c1-4-34(5-2,6-3)33-25(17-18-31-20-23-15-11-8-12-16-23)26(29)28-24(21-32-27(28)30)19-22-13-9-7-10-14-22/h7-16,24-25H,4-6,17-21H2,1-3H3/t24-,25+/m0/s1. The highest BCUT2D eigenvalue weighted by Crippen LogP contribution is 2.27. The smallest absolute Gasteiger partial charge is 0.417 e. The van der Waals surface area contributed by atoms with Crippen LogP contribution in [-0.4, -0.2) is 50.6 Å². The van der Waals surface area contributed by atoms with E-state index in [2.05, 4.69) is 20.8 Å². The molecule has 0 aromatic heterocycles. The van der Waals surface area contributed by atoms with Crippen LogP contribution in [0.2, 0.25) is 18.1 Å². The second-order valence-corrected chi connectivity index (χ2v) is 13.5. The highest BCUT2D eigenvalue weighted by atomic mass is 28.4. The number of carbonyl (C=O) groups excluding carboxylic acids is 2. The van der Waals surface area contributed by atoms with Crippen LogP contribution in [0.1, 0.15) is 38.3 Å². The van der Waals surface area contributed by atoms with Crippen LogP contribution < -0.4 is 0 Å². The van der Waals surface area contributed by atoms with Crippen molar-refractivity contribution in [3.8, 4) is 0 Å². The van der Waals surface area contributed by atoms with Crippen molar-refractivity contribution in [1.29, 1.82) is 0 Å². The molecule has 2 amide bonds. The molecule has 2 aromatic carbocycles. The SMILES string of the molecule is CC[Si](CC)(CC)O[C@H](CCOCc1ccccc1)C(=O)N1C(=O)OC[C@@H]1Cc1ccccc1. The summed E-state index contributed by atoms with van der Waals surface area (Å²) >= 11 is 0. The first-order chi connectivity index (χ1) is 16.5. The molecular weight excluding hydrogens is 446 g/mol. The van der Waals surface area contributed by atoms with Gasteiger partial charge in [0.05, 0.1) is 12.6 Å². The van der Waals surface area contributed by atoms with Gasteiger partial charge in [0.25, 0.3) is 5.91 Å². The van der Waals surface area contributed by atoms with E-state index in [-0.39, 0.29) is 18.6 Å². The summed E-state index contributed by atoms with van der Waals surface area (Å²) in [6.07, 6.45) is -0.330. The van der Waals surface area contributed by atoms with E-state index in [0.29, 0.717) is 26.1 Å². The molecule has 6 nitrogen and oxygen atoms in total. The summed E-state index contributed by atoms with van der Waals surface area (Å²) in [5, 5.41) is 0. The fourth-order valence-corrected chi connectivity index (χ4v) is 7.23. The number of imide groups is 1. The lowest BCUT2D eigenvalue weighted by Gasteiger charge is -2.34. The Labute approximate surface area is 204 Å². The lowest BCUT2D eigenvalue weighted by Crippen LogP contribution is -2.51. The number of hydrogen-bond donors (Lipinski definition) is 0. The average Bonchev–Trinajstić information content (AvgIpc) is 3.24. The predicted molar refractivity (Wildman–Crippen MR) is 135 cm³/mol. The number of carbonyl (C=O) groups is 2. The summed E-state index contributed by atoms with van der Waals surface area (Å²) in [5.74, 6) is -0.307. The summed E-state index contributed by atoms with van der Waals surface area (Å²) < 4.78 is 17.8. The van der Waals surface area contributed by atoms with Gasteiger partial charge in [0.2, 0.25) is 0 Å². The molecule has 0 spiro atoms. The van der Waals surface area contributed by atoms with Gasteiger partial charge in [-0.15, -0.1) is 0 Å². The van der Waals surface area contributed by atoms with Crippen molar-refractivity contribution in [2.75, 3.05) is 13.2 Å². The first-order valence-corrected chi connectivity index (χ1v) is 14.9. The topological polar surface area (TPSA) is 65.1 Å². The van der Waals surface area contributed by atoms with E-state index in [4.69, 9.17) is 13.9 Å². The van der Waals surface area contributed by atoms with Crippen molar-refractivity contribution in [1.82, 2.24) is 4.90 Å². The molecule has 1 aliphatic heterocycles. The molecular formula is C27H37NO5Si. The van der Waals surface area contributed by atoms with E-state index in [1.165, 1.54) is 4.90 Å². The van der Waals surface area contributed by atoms with Crippen molar-refractivity contribution < 1.29 is 23.5 Å². The molecule has 0 N–H and O–H groups in total. The first kappa shape index (κ1) is 26.1.